The highest BCUT2D eigenvalue weighted by Crippen LogP contribution is 2.53. The summed E-state index contributed by atoms with van der Waals surface area (Å²) < 4.78 is 0. The lowest BCUT2D eigenvalue weighted by Gasteiger charge is -2.48. The van der Waals surface area contributed by atoms with Crippen molar-refractivity contribution in [2.24, 2.45) is 0 Å². The van der Waals surface area contributed by atoms with Crippen LogP contribution in [0.2, 0.25) is 0 Å². The van der Waals surface area contributed by atoms with E-state index in [0.717, 1.165) is 0 Å². The van der Waals surface area contributed by atoms with Crippen molar-refractivity contribution in [1.29, 1.82) is 0 Å². The number of benzene rings is 2. The minimum absolute atomic E-state index is 0.119. The second-order valence-corrected chi connectivity index (χ2v) is 6.27. The minimum atomic E-state index is 0.119. The molecule has 0 N–H and O–H groups in total. The number of hydrogen-bond acceptors (Lipinski definition) is 0. The molecule has 0 saturated heterocycles. The number of fused-ring (bicyclic) bond motifs is 3. The van der Waals surface area contributed by atoms with Crippen molar-refractivity contribution in [3.05, 3.63) is 59.7 Å². The molecule has 0 unspecified atom stereocenters. The zero-order chi connectivity index (χ0) is 13.0. The summed E-state index contributed by atoms with van der Waals surface area (Å²) in [4.78, 5) is 0. The van der Waals surface area contributed by atoms with E-state index in [4.69, 9.17) is 0 Å². The summed E-state index contributed by atoms with van der Waals surface area (Å²) in [5.41, 5.74) is 5.86. The summed E-state index contributed by atoms with van der Waals surface area (Å²) in [6.45, 7) is 9.38. The van der Waals surface area contributed by atoms with Gasteiger partial charge >= 0.3 is 0 Å². The van der Waals surface area contributed by atoms with Gasteiger partial charge in [0.05, 0.1) is 0 Å². The van der Waals surface area contributed by atoms with Crippen LogP contribution in [-0.2, 0) is 10.8 Å². The molecule has 1 radical (unpaired) electrons. The lowest BCUT2D eigenvalue weighted by Crippen LogP contribution is -2.43. The van der Waals surface area contributed by atoms with Gasteiger partial charge in [-0.15, -0.1) is 0 Å². The maximum absolute atomic E-state index is 3.24. The van der Waals surface area contributed by atoms with E-state index in [0.29, 0.717) is 0 Å². The van der Waals surface area contributed by atoms with Crippen LogP contribution in [0.5, 0.6) is 0 Å². The molecule has 0 aromatic heterocycles. The molecule has 18 heavy (non-hydrogen) atoms. The molecule has 0 aliphatic heterocycles. The van der Waals surface area contributed by atoms with Crippen LogP contribution >= 0.6 is 0 Å². The first kappa shape index (κ1) is 11.5. The Bertz CT molecular complexity index is 547. The van der Waals surface area contributed by atoms with Crippen molar-refractivity contribution in [2.45, 2.75) is 38.5 Å². The standard InChI is InChI=1S/C18H19/c1-17(2)15-11-7-5-9-13(15)14-10-6-8-12-16(14)18(17,3)4/h5-7,9-12H,1-4H3. The van der Waals surface area contributed by atoms with Crippen molar-refractivity contribution in [2.75, 3.05) is 0 Å². The average molecular weight is 235 g/mol. The Balaban J connectivity index is 2.43. The molecule has 2 aromatic rings. The summed E-state index contributed by atoms with van der Waals surface area (Å²) in [5, 5.41) is 0. The molecule has 0 bridgehead atoms. The third-order valence-electron chi connectivity index (χ3n) is 4.99. The van der Waals surface area contributed by atoms with Crippen molar-refractivity contribution in [3.8, 4) is 11.1 Å². The van der Waals surface area contributed by atoms with E-state index in [9.17, 15) is 0 Å². The Morgan fingerprint density at radius 3 is 2.17 bits per heavy atom. The van der Waals surface area contributed by atoms with Crippen LogP contribution in [-0.4, -0.2) is 0 Å². The van der Waals surface area contributed by atoms with Gasteiger partial charge in [-0.3, -0.25) is 0 Å². The fourth-order valence-electron chi connectivity index (χ4n) is 3.12. The smallest absolute Gasteiger partial charge is 0.000546 e. The third-order valence-corrected chi connectivity index (χ3v) is 4.99. The Kier molecular flexibility index (Phi) is 2.22. The van der Waals surface area contributed by atoms with E-state index in [1.165, 1.54) is 22.3 Å². The van der Waals surface area contributed by atoms with E-state index >= 15 is 0 Å². The maximum Gasteiger partial charge on any atom is -0.000546 e. The fraction of sp³-hybridized carbons (Fsp3) is 0.333. The summed E-state index contributed by atoms with van der Waals surface area (Å²) in [5.74, 6) is 0. The van der Waals surface area contributed by atoms with Gasteiger partial charge in [-0.1, -0.05) is 64.1 Å². The Morgan fingerprint density at radius 2 is 1.39 bits per heavy atom. The van der Waals surface area contributed by atoms with Gasteiger partial charge in [0.25, 0.3) is 0 Å². The Labute approximate surface area is 110 Å². The average Bonchev–Trinajstić information content (AvgIpc) is 2.37. The summed E-state index contributed by atoms with van der Waals surface area (Å²) in [6, 6.07) is 18.4. The maximum atomic E-state index is 3.24. The van der Waals surface area contributed by atoms with Crippen LogP contribution in [0.3, 0.4) is 0 Å². The van der Waals surface area contributed by atoms with Gasteiger partial charge in [-0.25, -0.2) is 0 Å². The zero-order valence-electron chi connectivity index (χ0n) is 11.5. The SMILES string of the molecule is CC1(C)c2c[c]ccc2-c2ccccc2C1(C)C. The molecular formula is C18H19. The molecule has 0 spiro atoms. The van der Waals surface area contributed by atoms with Crippen molar-refractivity contribution in [1.82, 2.24) is 0 Å². The van der Waals surface area contributed by atoms with Gasteiger partial charge in [-0.2, -0.15) is 0 Å². The molecule has 0 fully saturated rings. The van der Waals surface area contributed by atoms with Crippen LogP contribution in [0.15, 0.2) is 42.5 Å². The van der Waals surface area contributed by atoms with Crippen LogP contribution in [0.4, 0.5) is 0 Å². The first-order valence-corrected chi connectivity index (χ1v) is 6.57. The molecule has 0 saturated carbocycles. The largest absolute Gasteiger partial charge is 0.0619 e. The van der Waals surface area contributed by atoms with Crippen molar-refractivity contribution in [3.63, 3.8) is 0 Å². The highest BCUT2D eigenvalue weighted by atomic mass is 14.5. The molecule has 0 heteroatoms. The molecule has 91 valence electrons. The first-order chi connectivity index (χ1) is 8.46. The van der Waals surface area contributed by atoms with E-state index in [1.54, 1.807) is 0 Å². The van der Waals surface area contributed by atoms with E-state index < -0.39 is 0 Å². The van der Waals surface area contributed by atoms with Gasteiger partial charge in [0, 0.05) is 0 Å². The second kappa shape index (κ2) is 3.47. The van der Waals surface area contributed by atoms with Gasteiger partial charge in [0.1, 0.15) is 0 Å². The molecule has 0 amide bonds. The van der Waals surface area contributed by atoms with Crippen molar-refractivity contribution < 1.29 is 0 Å². The summed E-state index contributed by atoms with van der Waals surface area (Å²) in [7, 11) is 0. The second-order valence-electron chi connectivity index (χ2n) is 6.27. The highest BCUT2D eigenvalue weighted by Gasteiger charge is 2.45. The van der Waals surface area contributed by atoms with Crippen molar-refractivity contribution >= 4 is 0 Å². The van der Waals surface area contributed by atoms with Gasteiger partial charge in [0.2, 0.25) is 0 Å². The molecular weight excluding hydrogens is 216 g/mol. The molecule has 1 aliphatic rings. The minimum Gasteiger partial charge on any atom is -0.0619 e. The molecule has 2 aromatic carbocycles. The first-order valence-electron chi connectivity index (χ1n) is 6.57. The number of hydrogen-bond donors (Lipinski definition) is 0. The quantitative estimate of drug-likeness (QED) is 0.619. The van der Waals surface area contributed by atoms with Gasteiger partial charge in [0.15, 0.2) is 0 Å². The zero-order valence-corrected chi connectivity index (χ0v) is 11.5. The van der Waals surface area contributed by atoms with E-state index in [1.807, 2.05) is 6.07 Å². The third kappa shape index (κ3) is 1.26. The summed E-state index contributed by atoms with van der Waals surface area (Å²) >= 11 is 0. The van der Waals surface area contributed by atoms with E-state index in [-0.39, 0.29) is 10.8 Å². The predicted octanol–water partition coefficient (Wildman–Crippen LogP) is 4.72. The lowest BCUT2D eigenvalue weighted by atomic mass is 9.55. The normalized spacial score (nSPS) is 18.9. The Morgan fingerprint density at radius 1 is 0.778 bits per heavy atom. The van der Waals surface area contributed by atoms with Crippen LogP contribution < -0.4 is 0 Å². The Hall–Kier alpha value is -1.56. The predicted molar refractivity (Wildman–Crippen MR) is 76.8 cm³/mol. The van der Waals surface area contributed by atoms with E-state index in [2.05, 4.69) is 70.2 Å². The summed E-state index contributed by atoms with van der Waals surface area (Å²) in [6.07, 6.45) is 0. The molecule has 0 atom stereocenters. The monoisotopic (exact) mass is 235 g/mol. The molecule has 0 heterocycles. The van der Waals surface area contributed by atoms with Crippen LogP contribution in [0.25, 0.3) is 11.1 Å². The van der Waals surface area contributed by atoms with Crippen LogP contribution in [0, 0.1) is 6.07 Å². The fourth-order valence-corrected chi connectivity index (χ4v) is 3.12. The highest BCUT2D eigenvalue weighted by molar-refractivity contribution is 5.77. The number of rotatable bonds is 0. The molecule has 0 nitrogen and oxygen atoms in total. The van der Waals surface area contributed by atoms with Crippen LogP contribution in [0.1, 0.15) is 38.8 Å². The molecule has 3 rings (SSSR count). The van der Waals surface area contributed by atoms with Gasteiger partial charge < -0.3 is 0 Å². The topological polar surface area (TPSA) is 0 Å². The lowest BCUT2D eigenvalue weighted by molar-refractivity contribution is 0.299. The van der Waals surface area contributed by atoms with Gasteiger partial charge in [-0.05, 0) is 45.2 Å². The molecule has 1 aliphatic carbocycles.